The van der Waals surface area contributed by atoms with Crippen molar-refractivity contribution in [2.45, 2.75) is 216 Å². The molecule has 4 aliphatic carbocycles. The molecular weight excluding hydrogens is 812 g/mol. The minimum absolute atomic E-state index is 0.0437. The van der Waals surface area contributed by atoms with Crippen LogP contribution < -0.4 is 0 Å². The van der Waals surface area contributed by atoms with Gasteiger partial charge < -0.3 is 79.1 Å². The quantitative estimate of drug-likeness (QED) is 0.143. The molecule has 8 aliphatic rings. The Hall–Kier alpha value is -0.970. The Balaban J connectivity index is 0.913. The lowest BCUT2D eigenvalue weighted by molar-refractivity contribution is -0.370. The number of aliphatic hydroxyl groups excluding tert-OH is 9. The van der Waals surface area contributed by atoms with E-state index in [0.717, 1.165) is 44.9 Å². The Labute approximate surface area is 364 Å². The number of rotatable bonds is 9. The second-order valence-electron chi connectivity index (χ2n) is 21.3. The Kier molecular flexibility index (Phi) is 14.0. The standard InChI is InChI=1S/C45H74O17/c1-18-7-8-29(59-40(18)62-42-38(55)35(52)32(49)21(4)57-42)19(2)22-13-26-24-15-28(47)27-14-23(9-12-45(27,6)25(24)10-11-44(26,5)16-22)58-43-39(36(53)33(50)30(17-46)60-43)61-41-37(54)34(51)31(48)20(3)56-41/h18-27,29-43,46,48-55H,7-17H2,1-6H3/t18?,19?,20-,21-,22?,23?,24?,25?,26?,27?,29?,30+,31-,32-,33+,34+,35+,36-,37+,38+,39+,40?,41-,42-,43+,44-,45-/m0/s1. The van der Waals surface area contributed by atoms with Crippen LogP contribution in [0.15, 0.2) is 0 Å². The molecule has 0 radical (unpaired) electrons. The highest BCUT2D eigenvalue weighted by Crippen LogP contribution is 2.67. The van der Waals surface area contributed by atoms with Crippen molar-refractivity contribution in [2.75, 3.05) is 6.61 Å². The average molecular weight is 887 g/mol. The van der Waals surface area contributed by atoms with Gasteiger partial charge in [0, 0.05) is 18.3 Å². The first-order valence-corrected chi connectivity index (χ1v) is 23.4. The highest BCUT2D eigenvalue weighted by molar-refractivity contribution is 5.83. The Bertz CT molecular complexity index is 1560. The van der Waals surface area contributed by atoms with Crippen LogP contribution in [-0.2, 0) is 38.0 Å². The molecule has 27 atom stereocenters. The lowest BCUT2D eigenvalue weighted by atomic mass is 9.45. The molecule has 0 spiro atoms. The largest absolute Gasteiger partial charge is 0.394 e. The number of carbonyl (C=O) groups excluding carboxylic acids is 1. The van der Waals surface area contributed by atoms with E-state index in [1.807, 2.05) is 6.92 Å². The summed E-state index contributed by atoms with van der Waals surface area (Å²) in [7, 11) is 0. The summed E-state index contributed by atoms with van der Waals surface area (Å²) in [6.07, 6.45) is -12.9. The van der Waals surface area contributed by atoms with Crippen molar-refractivity contribution < 1.29 is 83.9 Å². The third-order valence-corrected chi connectivity index (χ3v) is 17.6. The van der Waals surface area contributed by atoms with Gasteiger partial charge in [-0.3, -0.25) is 4.79 Å². The van der Waals surface area contributed by atoms with E-state index >= 15 is 0 Å². The van der Waals surface area contributed by atoms with Crippen molar-refractivity contribution in [2.24, 2.45) is 52.3 Å². The van der Waals surface area contributed by atoms with Crippen molar-refractivity contribution in [3.8, 4) is 0 Å². The van der Waals surface area contributed by atoms with Gasteiger partial charge in [0.25, 0.3) is 0 Å². The Morgan fingerprint density at radius 3 is 1.95 bits per heavy atom. The van der Waals surface area contributed by atoms with Crippen LogP contribution in [-0.4, -0.2) is 169 Å². The van der Waals surface area contributed by atoms with Gasteiger partial charge in [0.15, 0.2) is 25.2 Å². The predicted octanol–water partition coefficient (Wildman–Crippen LogP) is 0.483. The van der Waals surface area contributed by atoms with Crippen LogP contribution in [0.5, 0.6) is 0 Å². The van der Waals surface area contributed by atoms with E-state index in [-0.39, 0.29) is 46.4 Å². The van der Waals surface area contributed by atoms with Gasteiger partial charge >= 0.3 is 0 Å². The first kappa shape index (κ1) is 47.5. The molecule has 4 heterocycles. The molecule has 62 heavy (non-hydrogen) atoms. The number of ketones is 1. The van der Waals surface area contributed by atoms with E-state index in [4.69, 9.17) is 33.2 Å². The average Bonchev–Trinajstić information content (AvgIpc) is 3.61. The number of hydrogen-bond acceptors (Lipinski definition) is 17. The third kappa shape index (κ3) is 8.49. The minimum Gasteiger partial charge on any atom is -0.394 e. The van der Waals surface area contributed by atoms with Crippen molar-refractivity contribution in [1.29, 1.82) is 0 Å². The van der Waals surface area contributed by atoms with Gasteiger partial charge in [-0.2, -0.15) is 0 Å². The molecule has 17 heteroatoms. The molecule has 4 saturated heterocycles. The van der Waals surface area contributed by atoms with Crippen LogP contribution in [0, 0.1) is 52.3 Å². The SMILES string of the molecule is CC1CCC(C(C)C2CC3C4CC(=O)C5CC(O[C@@H]6O[C@H](CO)[C@@H](O)[C@H](O)[C@H]6O[C@@H]6O[C@@H](C)[C@H](O)[C@@H](O)[C@H]6O)CC[C@@]5(C)C4CC[C@@]3(C)C2)OC1O[C@@H]1O[C@@H](C)[C@H](O)[C@@H](O)[C@H]1O. The van der Waals surface area contributed by atoms with Gasteiger partial charge in [-0.1, -0.05) is 27.7 Å². The first-order valence-electron chi connectivity index (χ1n) is 23.4. The lowest BCUT2D eigenvalue weighted by Gasteiger charge is -2.60. The molecule has 17 nitrogen and oxygen atoms in total. The van der Waals surface area contributed by atoms with Gasteiger partial charge in [-0.15, -0.1) is 0 Å². The molecule has 4 saturated carbocycles. The number of aliphatic hydroxyl groups is 9. The van der Waals surface area contributed by atoms with E-state index < -0.39 is 111 Å². The summed E-state index contributed by atoms with van der Waals surface area (Å²) < 4.78 is 42.6. The Morgan fingerprint density at radius 2 is 1.31 bits per heavy atom. The van der Waals surface area contributed by atoms with Gasteiger partial charge in [-0.05, 0) is 112 Å². The van der Waals surface area contributed by atoms with Crippen LogP contribution in [0.25, 0.3) is 0 Å². The summed E-state index contributed by atoms with van der Waals surface area (Å²) in [5.41, 5.74) is -0.150. The second-order valence-corrected chi connectivity index (χ2v) is 21.3. The molecule has 0 aromatic heterocycles. The fraction of sp³-hybridized carbons (Fsp3) is 0.978. The van der Waals surface area contributed by atoms with E-state index in [1.165, 1.54) is 6.92 Å². The fourth-order valence-corrected chi connectivity index (χ4v) is 13.5. The molecule has 0 amide bonds. The number of hydrogen-bond donors (Lipinski definition) is 9. The molecule has 356 valence electrons. The molecule has 0 aromatic carbocycles. The molecule has 8 fully saturated rings. The molecule has 10 unspecified atom stereocenters. The summed E-state index contributed by atoms with van der Waals surface area (Å²) in [5, 5.41) is 94.4. The van der Waals surface area contributed by atoms with E-state index in [1.54, 1.807) is 6.92 Å². The van der Waals surface area contributed by atoms with Crippen LogP contribution >= 0.6 is 0 Å². The summed E-state index contributed by atoms with van der Waals surface area (Å²) in [6.45, 7) is 11.5. The maximum atomic E-state index is 14.4. The Morgan fingerprint density at radius 1 is 0.661 bits per heavy atom. The maximum absolute atomic E-state index is 14.4. The highest BCUT2D eigenvalue weighted by Gasteiger charge is 2.63. The molecule has 9 N–H and O–H groups in total. The normalized spacial score (nSPS) is 56.4. The zero-order chi connectivity index (χ0) is 44.7. The molecule has 8 rings (SSSR count). The third-order valence-electron chi connectivity index (χ3n) is 17.6. The minimum atomic E-state index is -1.67. The summed E-state index contributed by atoms with van der Waals surface area (Å²) in [5.74, 6) is 1.62. The summed E-state index contributed by atoms with van der Waals surface area (Å²) in [4.78, 5) is 14.4. The van der Waals surface area contributed by atoms with Crippen molar-refractivity contribution in [3.63, 3.8) is 0 Å². The lowest BCUT2D eigenvalue weighted by Crippen LogP contribution is -2.64. The molecule has 0 bridgehead atoms. The topological polar surface area (TPSA) is 264 Å². The van der Waals surface area contributed by atoms with Crippen LogP contribution in [0.3, 0.4) is 0 Å². The molecule has 0 aromatic rings. The predicted molar refractivity (Wildman–Crippen MR) is 215 cm³/mol. The number of carbonyl (C=O) groups is 1. The highest BCUT2D eigenvalue weighted by atomic mass is 16.8. The van der Waals surface area contributed by atoms with E-state index in [0.29, 0.717) is 37.0 Å². The zero-order valence-electron chi connectivity index (χ0n) is 37.0. The fourth-order valence-electron chi connectivity index (χ4n) is 13.5. The smallest absolute Gasteiger partial charge is 0.189 e. The number of Topliss-reactive ketones (excluding diaryl/α,β-unsaturated/α-hetero) is 1. The number of ether oxygens (including phenoxy) is 7. The van der Waals surface area contributed by atoms with Crippen LogP contribution in [0.4, 0.5) is 0 Å². The monoisotopic (exact) mass is 886 g/mol. The molecular formula is C45H74O17. The van der Waals surface area contributed by atoms with Gasteiger partial charge in [0.05, 0.1) is 31.0 Å². The first-order chi connectivity index (χ1) is 29.3. The van der Waals surface area contributed by atoms with Crippen LogP contribution in [0.1, 0.15) is 106 Å². The summed E-state index contributed by atoms with van der Waals surface area (Å²) >= 11 is 0. The van der Waals surface area contributed by atoms with Gasteiger partial charge in [0.2, 0.25) is 0 Å². The van der Waals surface area contributed by atoms with Crippen molar-refractivity contribution >= 4 is 5.78 Å². The van der Waals surface area contributed by atoms with E-state index in [2.05, 4.69) is 20.8 Å². The van der Waals surface area contributed by atoms with Gasteiger partial charge in [0.1, 0.15) is 66.8 Å². The number of fused-ring (bicyclic) bond motifs is 5. The van der Waals surface area contributed by atoms with Crippen molar-refractivity contribution in [3.05, 3.63) is 0 Å². The van der Waals surface area contributed by atoms with Gasteiger partial charge in [-0.25, -0.2) is 0 Å². The molecule has 4 aliphatic heterocycles. The zero-order valence-corrected chi connectivity index (χ0v) is 37.0. The summed E-state index contributed by atoms with van der Waals surface area (Å²) in [6, 6.07) is 0. The van der Waals surface area contributed by atoms with Crippen molar-refractivity contribution in [1.82, 2.24) is 0 Å². The van der Waals surface area contributed by atoms with Crippen LogP contribution in [0.2, 0.25) is 0 Å². The second kappa shape index (κ2) is 18.3. The van der Waals surface area contributed by atoms with E-state index in [9.17, 15) is 50.8 Å². The maximum Gasteiger partial charge on any atom is 0.189 e.